The monoisotopic (exact) mass is 810 g/mol. The first-order chi connectivity index (χ1) is 28.4. The van der Waals surface area contributed by atoms with Crippen LogP contribution in [0.1, 0.15) is 18.4 Å². The predicted octanol–water partition coefficient (Wildman–Crippen LogP) is 14.4. The fraction of sp³-hybridized carbons (Fsp3) is 0.0638. The van der Waals surface area contributed by atoms with Crippen LogP contribution in [0.15, 0.2) is 145 Å². The van der Waals surface area contributed by atoms with Crippen molar-refractivity contribution in [2.75, 3.05) is 9.80 Å². The molecule has 2 unspecified atom stereocenters. The van der Waals surface area contributed by atoms with Crippen LogP contribution in [0, 0.1) is 64.1 Å². The van der Waals surface area contributed by atoms with Gasteiger partial charge in [-0.15, -0.1) is 0 Å². The van der Waals surface area contributed by atoms with Crippen molar-refractivity contribution in [2.45, 2.75) is 12.8 Å². The summed E-state index contributed by atoms with van der Waals surface area (Å²) >= 11 is 0. The van der Waals surface area contributed by atoms with Gasteiger partial charge in [0.05, 0.1) is 11.4 Å². The van der Waals surface area contributed by atoms with Gasteiger partial charge in [-0.2, -0.15) is 0 Å². The fourth-order valence-electron chi connectivity index (χ4n) is 7.50. The average Bonchev–Trinajstić information content (AvgIpc) is 3.27. The number of fused-ring (bicyclic) bond motifs is 1. The Bertz CT molecular complexity index is 2750. The second-order valence-corrected chi connectivity index (χ2v) is 13.8. The largest absolute Gasteiger partial charge is 0.305 e. The summed E-state index contributed by atoms with van der Waals surface area (Å²) in [7, 11) is 0. The number of allylic oxidation sites excluding steroid dienone is 3. The van der Waals surface area contributed by atoms with Gasteiger partial charge in [0.15, 0.2) is 46.5 Å². The summed E-state index contributed by atoms with van der Waals surface area (Å²) in [6.07, 6.45) is 4.82. The summed E-state index contributed by atoms with van der Waals surface area (Å²) in [5.41, 5.74) is -0.679. The van der Waals surface area contributed by atoms with E-state index in [0.717, 1.165) is 20.9 Å². The molecule has 12 heteroatoms. The molecule has 2 atom stereocenters. The van der Waals surface area contributed by atoms with Crippen LogP contribution in [0.5, 0.6) is 0 Å². The van der Waals surface area contributed by atoms with E-state index in [-0.39, 0.29) is 45.4 Å². The number of hydrogen-bond acceptors (Lipinski definition) is 2. The minimum Gasteiger partial charge on any atom is -0.305 e. The molecule has 0 saturated heterocycles. The van der Waals surface area contributed by atoms with E-state index in [0.29, 0.717) is 5.56 Å². The van der Waals surface area contributed by atoms with Crippen LogP contribution < -0.4 is 9.80 Å². The molecule has 0 aromatic heterocycles. The van der Waals surface area contributed by atoms with Crippen molar-refractivity contribution in [3.8, 4) is 11.1 Å². The molecule has 0 fully saturated rings. The Morgan fingerprint density at radius 3 is 1.32 bits per heavy atom. The zero-order valence-electron chi connectivity index (χ0n) is 30.6. The maximum atomic E-state index is 15.9. The Balaban J connectivity index is 1.38. The maximum Gasteiger partial charge on any atom is 0.200 e. The highest BCUT2D eigenvalue weighted by Crippen LogP contribution is 2.48. The minimum atomic E-state index is -2.38. The van der Waals surface area contributed by atoms with Gasteiger partial charge in [-0.1, -0.05) is 116 Å². The van der Waals surface area contributed by atoms with E-state index < -0.39 is 69.5 Å². The highest BCUT2D eigenvalue weighted by atomic mass is 19.2. The first-order valence-electron chi connectivity index (χ1n) is 18.1. The molecule has 0 spiro atoms. The van der Waals surface area contributed by atoms with Gasteiger partial charge in [0.25, 0.3) is 0 Å². The smallest absolute Gasteiger partial charge is 0.200 e. The van der Waals surface area contributed by atoms with Crippen molar-refractivity contribution in [3.63, 3.8) is 0 Å². The molecule has 0 heterocycles. The molecule has 1 aliphatic rings. The lowest BCUT2D eigenvalue weighted by molar-refractivity contribution is 0.380. The molecule has 296 valence electrons. The number of rotatable bonds is 8. The third-order valence-corrected chi connectivity index (χ3v) is 10.3. The number of halogens is 10. The standard InChI is InChI=1S/C47H28F10N2/c1-25-24-30(22-23-31(25)28-12-6-3-7-13-28)59(47-44(56)40(52)37(49)41(53)45(47)57)35-17-9-14-32-33(35)15-8-16-34(32)58(46-42(54)38(50)36(48)39(51)43(46)55)29-20-18-27(19-21-29)26-10-4-2-5-11-26/h2-25,31H,1H3. The zero-order chi connectivity index (χ0) is 41.7. The molecular weight excluding hydrogens is 783 g/mol. The first-order valence-corrected chi connectivity index (χ1v) is 18.1. The Morgan fingerprint density at radius 1 is 0.407 bits per heavy atom. The van der Waals surface area contributed by atoms with Crippen molar-refractivity contribution >= 4 is 39.2 Å². The second kappa shape index (κ2) is 15.5. The first kappa shape index (κ1) is 39.0. The molecule has 8 rings (SSSR count). The quantitative estimate of drug-likeness (QED) is 0.0857. The summed E-state index contributed by atoms with van der Waals surface area (Å²) < 4.78 is 152. The summed E-state index contributed by atoms with van der Waals surface area (Å²) in [6, 6.07) is 32.4. The third kappa shape index (κ3) is 6.67. The van der Waals surface area contributed by atoms with Crippen LogP contribution >= 0.6 is 0 Å². The summed E-state index contributed by atoms with van der Waals surface area (Å²) in [4.78, 5) is 1.67. The molecule has 0 bridgehead atoms. The zero-order valence-corrected chi connectivity index (χ0v) is 30.6. The predicted molar refractivity (Wildman–Crippen MR) is 208 cm³/mol. The van der Waals surface area contributed by atoms with Gasteiger partial charge in [-0.3, -0.25) is 0 Å². The average molecular weight is 811 g/mol. The van der Waals surface area contributed by atoms with Crippen LogP contribution in [-0.4, -0.2) is 0 Å². The highest BCUT2D eigenvalue weighted by molar-refractivity contribution is 6.06. The van der Waals surface area contributed by atoms with Gasteiger partial charge >= 0.3 is 0 Å². The lowest BCUT2D eigenvalue weighted by Crippen LogP contribution is -2.24. The number of benzene rings is 7. The summed E-state index contributed by atoms with van der Waals surface area (Å²) in [5, 5.41) is 0.0707. The molecule has 0 amide bonds. The molecular formula is C47H28F10N2. The van der Waals surface area contributed by atoms with Crippen LogP contribution in [0.25, 0.3) is 21.9 Å². The molecule has 7 aromatic carbocycles. The van der Waals surface area contributed by atoms with E-state index in [1.165, 1.54) is 54.6 Å². The van der Waals surface area contributed by atoms with E-state index in [1.807, 2.05) is 37.3 Å². The van der Waals surface area contributed by atoms with Crippen LogP contribution in [0.4, 0.5) is 72.3 Å². The van der Waals surface area contributed by atoms with Gasteiger partial charge in [0.1, 0.15) is 11.4 Å². The Kier molecular flexibility index (Phi) is 10.3. The highest BCUT2D eigenvalue weighted by Gasteiger charge is 2.35. The minimum absolute atomic E-state index is 0.0129. The van der Waals surface area contributed by atoms with Crippen molar-refractivity contribution in [3.05, 3.63) is 209 Å². The van der Waals surface area contributed by atoms with Gasteiger partial charge in [-0.05, 0) is 52.9 Å². The van der Waals surface area contributed by atoms with Crippen molar-refractivity contribution in [1.82, 2.24) is 0 Å². The molecule has 0 aliphatic heterocycles. The number of nitrogens with zero attached hydrogens (tertiary/aromatic N) is 2. The number of anilines is 5. The third-order valence-electron chi connectivity index (χ3n) is 10.3. The van der Waals surface area contributed by atoms with E-state index in [4.69, 9.17) is 0 Å². The summed E-state index contributed by atoms with van der Waals surface area (Å²) in [6.45, 7) is 1.81. The van der Waals surface area contributed by atoms with E-state index in [9.17, 15) is 17.6 Å². The molecule has 0 saturated carbocycles. The lowest BCUT2D eigenvalue weighted by Gasteiger charge is -2.33. The lowest BCUT2D eigenvalue weighted by atomic mass is 9.83. The van der Waals surface area contributed by atoms with Gasteiger partial charge < -0.3 is 9.80 Å². The molecule has 2 nitrogen and oxygen atoms in total. The fourth-order valence-corrected chi connectivity index (χ4v) is 7.50. The van der Waals surface area contributed by atoms with Gasteiger partial charge in [-0.25, -0.2) is 43.9 Å². The normalized spacial score (nSPS) is 15.1. The van der Waals surface area contributed by atoms with Crippen LogP contribution in [0.3, 0.4) is 0 Å². The Morgan fingerprint density at radius 2 is 0.831 bits per heavy atom. The molecule has 7 aromatic rings. The van der Waals surface area contributed by atoms with Gasteiger partial charge in [0, 0.05) is 28.1 Å². The van der Waals surface area contributed by atoms with Crippen molar-refractivity contribution < 1.29 is 43.9 Å². The number of hydrogen-bond donors (Lipinski definition) is 0. The molecule has 59 heavy (non-hydrogen) atoms. The SMILES string of the molecule is CC1C=C(N(c2c(F)c(F)c(F)c(F)c2F)c2cccc3c(N(c4ccc(-c5ccccc5)cc4)c4c(F)c(F)c(F)c(F)c4F)cccc23)C=CC1c1ccccc1. The van der Waals surface area contributed by atoms with Crippen LogP contribution in [-0.2, 0) is 0 Å². The van der Waals surface area contributed by atoms with Gasteiger partial charge in [0.2, 0.25) is 11.6 Å². The molecule has 1 aliphatic carbocycles. The molecule has 0 radical (unpaired) electrons. The van der Waals surface area contributed by atoms with E-state index >= 15 is 26.3 Å². The molecule has 0 N–H and O–H groups in total. The second-order valence-electron chi connectivity index (χ2n) is 13.8. The van der Waals surface area contributed by atoms with Crippen LogP contribution in [0.2, 0.25) is 0 Å². The van der Waals surface area contributed by atoms with Crippen molar-refractivity contribution in [1.29, 1.82) is 0 Å². The van der Waals surface area contributed by atoms with Crippen molar-refractivity contribution in [2.24, 2.45) is 5.92 Å². The Hall–Kier alpha value is -6.82. The van der Waals surface area contributed by atoms with E-state index in [2.05, 4.69) is 0 Å². The van der Waals surface area contributed by atoms with E-state index in [1.54, 1.807) is 54.6 Å². The maximum absolute atomic E-state index is 15.9. The summed E-state index contributed by atoms with van der Waals surface area (Å²) in [5.74, 6) is -22.7. The Labute approximate surface area is 331 Å². The topological polar surface area (TPSA) is 6.48 Å².